The van der Waals surface area contributed by atoms with E-state index in [0.29, 0.717) is 0 Å². The van der Waals surface area contributed by atoms with Crippen LogP contribution >= 0.6 is 0 Å². The SMILES string of the molecule is O=C1OC(=O)c2c(OC(F)=C(F)C(F)(F)C(F)(F)C(F)(F)C(F)(F)C(F)(F)C(F)(F)C(F)(F)F)c(F)c(F)c(F)c21. The van der Waals surface area contributed by atoms with Crippen molar-refractivity contribution in [2.75, 3.05) is 0 Å². The van der Waals surface area contributed by atoms with Crippen molar-refractivity contribution in [3.8, 4) is 5.75 Å². The second-order valence-corrected chi connectivity index (χ2v) is 7.33. The van der Waals surface area contributed by atoms with Crippen LogP contribution in [0.3, 0.4) is 0 Å². The maximum absolute atomic E-state index is 13.9. The summed E-state index contributed by atoms with van der Waals surface area (Å²) >= 11 is 0. The molecule has 0 unspecified atom stereocenters. The van der Waals surface area contributed by atoms with E-state index in [4.69, 9.17) is 0 Å². The van der Waals surface area contributed by atoms with Gasteiger partial charge in [-0.3, -0.25) is 0 Å². The molecule has 1 aromatic carbocycles. The van der Waals surface area contributed by atoms with Crippen molar-refractivity contribution in [1.29, 1.82) is 0 Å². The lowest BCUT2D eigenvalue weighted by Crippen LogP contribution is -2.72. The standard InChI is InChI=1S/C17F20O4/c18-3-1-2(10(39)41-9(1)38)6(5(20)4(3)19)40-8(22)7(21)11(23,24)12(25,26)13(27,28)14(29,30)15(31,32)16(33,34)17(35,36)37. The molecule has 0 aliphatic carbocycles. The minimum atomic E-state index is -8.87. The highest BCUT2D eigenvalue weighted by Crippen LogP contribution is 2.63. The summed E-state index contributed by atoms with van der Waals surface area (Å²) in [6, 6.07) is -4.28. The molecule has 41 heavy (non-hydrogen) atoms. The maximum Gasteiger partial charge on any atom is 0.460 e. The average molecular weight is 648 g/mol. The number of allylic oxidation sites excluding steroid dienone is 1. The molecule has 0 N–H and O–H groups in total. The number of halogens is 20. The lowest BCUT2D eigenvalue weighted by Gasteiger charge is -2.41. The number of carbonyl (C=O) groups excluding carboxylic acids is 2. The van der Waals surface area contributed by atoms with Crippen LogP contribution in [-0.2, 0) is 4.74 Å². The number of hydrogen-bond acceptors (Lipinski definition) is 4. The van der Waals surface area contributed by atoms with Gasteiger partial charge < -0.3 is 9.47 Å². The largest absolute Gasteiger partial charge is 0.460 e. The molecule has 1 heterocycles. The smallest absolute Gasteiger partial charge is 0.425 e. The van der Waals surface area contributed by atoms with E-state index in [0.717, 1.165) is 0 Å². The Morgan fingerprint density at radius 2 is 0.927 bits per heavy atom. The van der Waals surface area contributed by atoms with Crippen molar-refractivity contribution >= 4 is 11.9 Å². The Balaban J connectivity index is 2.70. The van der Waals surface area contributed by atoms with Gasteiger partial charge in [0.05, 0.1) is 0 Å². The van der Waals surface area contributed by atoms with Crippen molar-refractivity contribution < 1.29 is 107 Å². The van der Waals surface area contributed by atoms with Gasteiger partial charge in [0.15, 0.2) is 17.4 Å². The van der Waals surface area contributed by atoms with Gasteiger partial charge in [-0.1, -0.05) is 0 Å². The van der Waals surface area contributed by atoms with Crippen LogP contribution in [-0.4, -0.2) is 53.7 Å². The highest BCUT2D eigenvalue weighted by atomic mass is 19.4. The zero-order valence-corrected chi connectivity index (χ0v) is 17.7. The van der Waals surface area contributed by atoms with Crippen LogP contribution < -0.4 is 4.74 Å². The topological polar surface area (TPSA) is 52.6 Å². The monoisotopic (exact) mass is 648 g/mol. The van der Waals surface area contributed by atoms with Gasteiger partial charge in [-0.2, -0.15) is 79.0 Å². The number of benzene rings is 1. The number of esters is 2. The number of rotatable bonds is 8. The van der Waals surface area contributed by atoms with Gasteiger partial charge in [-0.05, 0) is 0 Å². The molecule has 0 atom stereocenters. The zero-order chi connectivity index (χ0) is 32.7. The number of alkyl halides is 15. The van der Waals surface area contributed by atoms with E-state index in [1.807, 2.05) is 0 Å². The van der Waals surface area contributed by atoms with Crippen LogP contribution in [0.15, 0.2) is 11.8 Å². The average Bonchev–Trinajstić information content (AvgIpc) is 3.11. The molecule has 0 spiro atoms. The van der Waals surface area contributed by atoms with Gasteiger partial charge in [0, 0.05) is 0 Å². The van der Waals surface area contributed by atoms with Crippen molar-refractivity contribution in [3.05, 3.63) is 40.4 Å². The van der Waals surface area contributed by atoms with Gasteiger partial charge in [0.25, 0.3) is 0 Å². The summed E-state index contributed by atoms with van der Waals surface area (Å²) in [7, 11) is 0. The van der Waals surface area contributed by atoms with Gasteiger partial charge in [0.2, 0.25) is 11.6 Å². The predicted molar refractivity (Wildman–Crippen MR) is 81.7 cm³/mol. The van der Waals surface area contributed by atoms with Gasteiger partial charge in [0.1, 0.15) is 11.1 Å². The Labute approximate surface area is 208 Å². The van der Waals surface area contributed by atoms with Crippen LogP contribution in [0.2, 0.25) is 0 Å². The first-order chi connectivity index (χ1) is 18.0. The molecule has 0 saturated carbocycles. The maximum atomic E-state index is 13.9. The number of carbonyl (C=O) groups is 2. The van der Waals surface area contributed by atoms with E-state index in [9.17, 15) is 97.4 Å². The summed E-state index contributed by atoms with van der Waals surface area (Å²) < 4.78 is 273. The third-order valence-corrected chi connectivity index (χ3v) is 4.84. The fourth-order valence-electron chi connectivity index (χ4n) is 2.67. The Morgan fingerprint density at radius 1 is 0.537 bits per heavy atom. The molecule has 0 radical (unpaired) electrons. The molecule has 1 aromatic rings. The predicted octanol–water partition coefficient (Wildman–Crippen LogP) is 7.28. The van der Waals surface area contributed by atoms with Gasteiger partial charge >= 0.3 is 59.7 Å². The molecular formula is C17F20O4. The first kappa shape index (κ1) is 33.7. The molecule has 24 heteroatoms. The second kappa shape index (κ2) is 9.25. The van der Waals surface area contributed by atoms with Crippen molar-refractivity contribution in [1.82, 2.24) is 0 Å². The second-order valence-electron chi connectivity index (χ2n) is 7.33. The molecular weight excluding hydrogens is 648 g/mol. The van der Waals surface area contributed by atoms with Crippen LogP contribution in [0.4, 0.5) is 87.8 Å². The highest BCUT2D eigenvalue weighted by molar-refractivity contribution is 6.16. The summed E-state index contributed by atoms with van der Waals surface area (Å²) in [5, 5.41) is 0. The summed E-state index contributed by atoms with van der Waals surface area (Å²) in [4.78, 5) is 22.7. The summed E-state index contributed by atoms with van der Waals surface area (Å²) in [6.07, 6.45) is -7.93. The van der Waals surface area contributed by atoms with Crippen molar-refractivity contribution in [2.24, 2.45) is 0 Å². The zero-order valence-electron chi connectivity index (χ0n) is 17.7. The highest BCUT2D eigenvalue weighted by Gasteiger charge is 2.94. The Bertz CT molecular complexity index is 1320. The third kappa shape index (κ3) is 4.30. The molecule has 0 amide bonds. The number of fused-ring (bicyclic) bond motifs is 1. The molecule has 1 aliphatic rings. The lowest BCUT2D eigenvalue weighted by molar-refractivity contribution is -0.451. The first-order valence-electron chi connectivity index (χ1n) is 9.00. The van der Waals surface area contributed by atoms with Crippen LogP contribution in [0.5, 0.6) is 5.75 Å². The Morgan fingerprint density at radius 3 is 1.37 bits per heavy atom. The van der Waals surface area contributed by atoms with E-state index < -0.39 is 99.8 Å². The molecule has 2 rings (SSSR count). The quantitative estimate of drug-likeness (QED) is 0.0979. The molecule has 0 saturated heterocycles. The summed E-state index contributed by atoms with van der Waals surface area (Å²) in [6.45, 7) is 0. The van der Waals surface area contributed by atoms with E-state index in [1.54, 1.807) is 0 Å². The molecule has 0 aromatic heterocycles. The number of ether oxygens (including phenoxy) is 2. The van der Waals surface area contributed by atoms with Crippen LogP contribution in [0, 0.1) is 17.5 Å². The summed E-state index contributed by atoms with van der Waals surface area (Å²) in [5.41, 5.74) is -4.19. The van der Waals surface area contributed by atoms with Gasteiger partial charge in [-0.25, -0.2) is 18.4 Å². The lowest BCUT2D eigenvalue weighted by atomic mass is 9.91. The summed E-state index contributed by atoms with van der Waals surface area (Å²) in [5.74, 6) is -72.5. The van der Waals surface area contributed by atoms with Crippen molar-refractivity contribution in [2.45, 2.75) is 41.7 Å². The van der Waals surface area contributed by atoms with E-state index in [2.05, 4.69) is 9.47 Å². The minimum absolute atomic E-state index is 2.05. The van der Waals surface area contributed by atoms with Crippen molar-refractivity contribution in [3.63, 3.8) is 0 Å². The third-order valence-electron chi connectivity index (χ3n) is 4.84. The van der Waals surface area contributed by atoms with E-state index in [-0.39, 0.29) is 0 Å². The normalized spacial score (nSPS) is 16.5. The molecule has 0 fully saturated rings. The van der Waals surface area contributed by atoms with Gasteiger partial charge in [-0.15, -0.1) is 0 Å². The fraction of sp³-hybridized carbons (Fsp3) is 0.412. The van der Waals surface area contributed by atoms with E-state index >= 15 is 0 Å². The molecule has 1 aliphatic heterocycles. The van der Waals surface area contributed by atoms with Crippen LogP contribution in [0.25, 0.3) is 0 Å². The Hall–Kier alpha value is -3.50. The van der Waals surface area contributed by atoms with E-state index in [1.165, 1.54) is 0 Å². The fourth-order valence-corrected chi connectivity index (χ4v) is 2.67. The number of cyclic esters (lactones) is 2. The minimum Gasteiger partial charge on any atom is -0.425 e. The molecule has 232 valence electrons. The first-order valence-corrected chi connectivity index (χ1v) is 9.00. The molecule has 4 nitrogen and oxygen atoms in total. The number of hydrogen-bond donors (Lipinski definition) is 0. The van der Waals surface area contributed by atoms with Crippen LogP contribution in [0.1, 0.15) is 20.7 Å². The Kier molecular flexibility index (Phi) is 7.61. The molecule has 0 bridgehead atoms.